The number of aryl methyl sites for hydroxylation is 1. The molecule has 0 unspecified atom stereocenters. The summed E-state index contributed by atoms with van der Waals surface area (Å²) < 4.78 is 2.70. The number of hydrogen-bond donors (Lipinski definition) is 1. The lowest BCUT2D eigenvalue weighted by Gasteiger charge is -2.01. The van der Waals surface area contributed by atoms with E-state index in [9.17, 15) is 0 Å². The van der Waals surface area contributed by atoms with E-state index in [0.29, 0.717) is 17.4 Å². The second kappa shape index (κ2) is 4.54. The molecule has 0 aliphatic rings. The molecule has 0 saturated heterocycles. The average Bonchev–Trinajstić information content (AvgIpc) is 2.98. The summed E-state index contributed by atoms with van der Waals surface area (Å²) in [6.07, 6.45) is 3.47. The van der Waals surface area contributed by atoms with E-state index < -0.39 is 0 Å². The molecule has 0 radical (unpaired) electrons. The van der Waals surface area contributed by atoms with Gasteiger partial charge in [0.15, 0.2) is 5.65 Å². The first-order chi connectivity index (χ1) is 8.74. The van der Waals surface area contributed by atoms with Crippen molar-refractivity contribution in [3.05, 3.63) is 23.6 Å². The van der Waals surface area contributed by atoms with Crippen molar-refractivity contribution >= 4 is 39.9 Å². The van der Waals surface area contributed by atoms with Crippen LogP contribution in [0.15, 0.2) is 22.1 Å². The van der Waals surface area contributed by atoms with Gasteiger partial charge in [-0.25, -0.2) is 15.0 Å². The highest BCUT2D eigenvalue weighted by Crippen LogP contribution is 2.25. The van der Waals surface area contributed by atoms with Gasteiger partial charge in [0.25, 0.3) is 0 Å². The zero-order valence-electron chi connectivity index (χ0n) is 9.57. The van der Waals surface area contributed by atoms with Crippen molar-refractivity contribution in [2.24, 2.45) is 7.05 Å². The van der Waals surface area contributed by atoms with Crippen LogP contribution in [-0.4, -0.2) is 24.7 Å². The van der Waals surface area contributed by atoms with Crippen LogP contribution in [-0.2, 0) is 12.8 Å². The van der Waals surface area contributed by atoms with Gasteiger partial charge < -0.3 is 5.73 Å². The quantitative estimate of drug-likeness (QED) is 0.734. The zero-order valence-corrected chi connectivity index (χ0v) is 11.2. The van der Waals surface area contributed by atoms with Crippen LogP contribution in [0.3, 0.4) is 0 Å². The molecule has 6 nitrogen and oxygen atoms in total. The third-order valence-corrected chi connectivity index (χ3v) is 4.36. The maximum atomic E-state index is 5.89. The van der Waals surface area contributed by atoms with E-state index >= 15 is 0 Å². The van der Waals surface area contributed by atoms with Crippen LogP contribution >= 0.6 is 23.1 Å². The van der Waals surface area contributed by atoms with Gasteiger partial charge in [0, 0.05) is 18.6 Å². The molecule has 3 rings (SSSR count). The van der Waals surface area contributed by atoms with Gasteiger partial charge in [0.1, 0.15) is 16.0 Å². The Morgan fingerprint density at radius 2 is 2.33 bits per heavy atom. The standard InChI is InChI=1S/C10H10N6S2/c1-16-9-6(4-13-16)8(11)14-7(15-9)5-18-10-12-2-3-17-10/h2-4H,5H2,1H3,(H2,11,14,15). The maximum Gasteiger partial charge on any atom is 0.163 e. The number of nitrogens with two attached hydrogens (primary N) is 1. The van der Waals surface area contributed by atoms with Crippen molar-refractivity contribution in [3.8, 4) is 0 Å². The summed E-state index contributed by atoms with van der Waals surface area (Å²) in [6.45, 7) is 0. The molecule has 2 N–H and O–H groups in total. The van der Waals surface area contributed by atoms with E-state index in [1.807, 2.05) is 12.4 Å². The fraction of sp³-hybridized carbons (Fsp3) is 0.200. The normalized spacial score (nSPS) is 11.2. The molecule has 0 aromatic carbocycles. The van der Waals surface area contributed by atoms with Crippen LogP contribution in [0.5, 0.6) is 0 Å². The minimum Gasteiger partial charge on any atom is -0.383 e. The van der Waals surface area contributed by atoms with Gasteiger partial charge in [0.05, 0.1) is 17.3 Å². The smallest absolute Gasteiger partial charge is 0.163 e. The van der Waals surface area contributed by atoms with Crippen LogP contribution < -0.4 is 5.73 Å². The Labute approximate surface area is 111 Å². The Balaban J connectivity index is 1.90. The van der Waals surface area contributed by atoms with Crippen molar-refractivity contribution in [3.63, 3.8) is 0 Å². The molecule has 0 fully saturated rings. The molecule has 0 spiro atoms. The summed E-state index contributed by atoms with van der Waals surface area (Å²) in [5, 5.41) is 6.86. The number of thiazole rings is 1. The highest BCUT2D eigenvalue weighted by atomic mass is 32.2. The third-order valence-electron chi connectivity index (χ3n) is 2.40. The van der Waals surface area contributed by atoms with E-state index in [4.69, 9.17) is 5.73 Å². The monoisotopic (exact) mass is 278 g/mol. The molecule has 3 heterocycles. The van der Waals surface area contributed by atoms with Crippen LogP contribution in [0.1, 0.15) is 5.82 Å². The Kier molecular flexibility index (Phi) is 2.88. The van der Waals surface area contributed by atoms with Gasteiger partial charge in [0.2, 0.25) is 0 Å². The number of rotatable bonds is 3. The summed E-state index contributed by atoms with van der Waals surface area (Å²) in [5.74, 6) is 1.82. The van der Waals surface area contributed by atoms with E-state index in [2.05, 4.69) is 20.1 Å². The Morgan fingerprint density at radius 3 is 3.11 bits per heavy atom. The van der Waals surface area contributed by atoms with Gasteiger partial charge in [-0.2, -0.15) is 5.10 Å². The highest BCUT2D eigenvalue weighted by Gasteiger charge is 2.09. The van der Waals surface area contributed by atoms with E-state index in [0.717, 1.165) is 15.4 Å². The summed E-state index contributed by atoms with van der Waals surface area (Å²) in [6, 6.07) is 0. The van der Waals surface area contributed by atoms with Crippen molar-refractivity contribution in [2.45, 2.75) is 10.1 Å². The number of fused-ring (bicyclic) bond motifs is 1. The van der Waals surface area contributed by atoms with Crippen LogP contribution in [0.2, 0.25) is 0 Å². The molecule has 18 heavy (non-hydrogen) atoms. The van der Waals surface area contributed by atoms with Gasteiger partial charge >= 0.3 is 0 Å². The minimum atomic E-state index is 0.475. The minimum absolute atomic E-state index is 0.475. The Hall–Kier alpha value is -1.67. The highest BCUT2D eigenvalue weighted by molar-refractivity contribution is 8.00. The molecule has 0 amide bonds. The molecule has 3 aromatic rings. The largest absolute Gasteiger partial charge is 0.383 e. The van der Waals surface area contributed by atoms with Crippen LogP contribution in [0.4, 0.5) is 5.82 Å². The summed E-state index contributed by atoms with van der Waals surface area (Å²) in [4.78, 5) is 12.9. The molecule has 0 bridgehead atoms. The van der Waals surface area contributed by atoms with E-state index in [1.165, 1.54) is 0 Å². The number of anilines is 1. The molecular formula is C10H10N6S2. The lowest BCUT2D eigenvalue weighted by Crippen LogP contribution is -2.01. The van der Waals surface area contributed by atoms with Gasteiger partial charge in [-0.1, -0.05) is 11.8 Å². The molecular weight excluding hydrogens is 268 g/mol. The number of nitrogens with zero attached hydrogens (tertiary/aromatic N) is 5. The number of aromatic nitrogens is 5. The SMILES string of the molecule is Cn1ncc2c(N)nc(CSc3nccs3)nc21. The lowest BCUT2D eigenvalue weighted by atomic mass is 10.4. The fourth-order valence-corrected chi connectivity index (χ4v) is 3.06. The van der Waals surface area contributed by atoms with E-state index in [1.54, 1.807) is 40.2 Å². The molecule has 3 aromatic heterocycles. The Bertz CT molecular complexity index is 675. The first kappa shape index (κ1) is 11.4. The van der Waals surface area contributed by atoms with Gasteiger partial charge in [-0.15, -0.1) is 11.3 Å². The van der Waals surface area contributed by atoms with Crippen molar-refractivity contribution in [1.82, 2.24) is 24.7 Å². The predicted molar refractivity (Wildman–Crippen MR) is 72.4 cm³/mol. The number of thioether (sulfide) groups is 1. The first-order valence-corrected chi connectivity index (χ1v) is 7.07. The van der Waals surface area contributed by atoms with Gasteiger partial charge in [-0.3, -0.25) is 4.68 Å². The second-order valence-corrected chi connectivity index (χ2v) is 5.73. The molecule has 0 saturated carbocycles. The second-order valence-electron chi connectivity index (χ2n) is 3.62. The average molecular weight is 278 g/mol. The van der Waals surface area contributed by atoms with Crippen LogP contribution in [0.25, 0.3) is 11.0 Å². The molecule has 92 valence electrons. The van der Waals surface area contributed by atoms with Crippen molar-refractivity contribution in [1.29, 1.82) is 0 Å². The molecule has 0 atom stereocenters. The molecule has 0 aliphatic carbocycles. The molecule has 8 heteroatoms. The number of hydrogen-bond acceptors (Lipinski definition) is 7. The fourth-order valence-electron chi connectivity index (χ4n) is 1.56. The van der Waals surface area contributed by atoms with Crippen molar-refractivity contribution < 1.29 is 0 Å². The summed E-state index contributed by atoms with van der Waals surface area (Å²) in [7, 11) is 1.84. The van der Waals surface area contributed by atoms with Crippen LogP contribution in [0, 0.1) is 0 Å². The summed E-state index contributed by atoms with van der Waals surface area (Å²) in [5.41, 5.74) is 6.65. The Morgan fingerprint density at radius 1 is 1.44 bits per heavy atom. The number of nitrogen functional groups attached to an aromatic ring is 1. The van der Waals surface area contributed by atoms with Gasteiger partial charge in [-0.05, 0) is 0 Å². The third kappa shape index (κ3) is 2.04. The van der Waals surface area contributed by atoms with Crippen molar-refractivity contribution in [2.75, 3.05) is 5.73 Å². The first-order valence-electron chi connectivity index (χ1n) is 5.20. The zero-order chi connectivity index (χ0) is 12.5. The topological polar surface area (TPSA) is 82.5 Å². The van der Waals surface area contributed by atoms with E-state index in [-0.39, 0.29) is 0 Å². The summed E-state index contributed by atoms with van der Waals surface area (Å²) >= 11 is 3.21. The predicted octanol–water partition coefficient (Wildman–Crippen LogP) is 1.69. The maximum absolute atomic E-state index is 5.89. The lowest BCUT2D eigenvalue weighted by molar-refractivity contribution is 0.782. The molecule has 0 aliphatic heterocycles.